The van der Waals surface area contributed by atoms with E-state index in [0.29, 0.717) is 0 Å². The van der Waals surface area contributed by atoms with Gasteiger partial charge < -0.3 is 0 Å². The zero-order valence-corrected chi connectivity index (χ0v) is 19.6. The van der Waals surface area contributed by atoms with E-state index in [1.54, 1.807) is 22.3 Å². The third-order valence-electron chi connectivity index (χ3n) is 5.78. The Hall–Kier alpha value is -1.04. The van der Waals surface area contributed by atoms with Gasteiger partial charge in [0.05, 0.1) is 0 Å². The average molecular weight is 359 g/mol. The highest BCUT2D eigenvalue weighted by Gasteiger charge is 2.41. The standard InChI is InChI=1S/C22H34.2C2H6/c1-7-17(4)20(16(2)3)22(14-9-8-10-15-22)21-18(5)12-11-13-19(21)6;2*1-2/h7,12H,8-11,13-15H2,1-6H3;2*1-2H3/b17-7-;;. The van der Waals surface area contributed by atoms with Crippen LogP contribution in [0, 0.1) is 5.41 Å². The van der Waals surface area contributed by atoms with Crippen molar-refractivity contribution in [1.82, 2.24) is 0 Å². The molecule has 26 heavy (non-hydrogen) atoms. The molecule has 0 spiro atoms. The second kappa shape index (κ2) is 12.4. The van der Waals surface area contributed by atoms with Crippen molar-refractivity contribution in [3.8, 4) is 0 Å². The maximum atomic E-state index is 2.48. The normalized spacial score (nSPS) is 19.5. The molecule has 0 amide bonds. The summed E-state index contributed by atoms with van der Waals surface area (Å²) in [4.78, 5) is 0. The molecule has 0 unspecified atom stereocenters. The van der Waals surface area contributed by atoms with Crippen molar-refractivity contribution < 1.29 is 0 Å². The lowest BCUT2D eigenvalue weighted by molar-refractivity contribution is 0.290. The number of hydrogen-bond donors (Lipinski definition) is 0. The van der Waals surface area contributed by atoms with Crippen LogP contribution >= 0.6 is 0 Å². The Balaban J connectivity index is 0.00000146. The first-order chi connectivity index (χ1) is 12.4. The fourth-order valence-electron chi connectivity index (χ4n) is 5.03. The van der Waals surface area contributed by atoms with Crippen molar-refractivity contribution in [3.05, 3.63) is 45.6 Å². The van der Waals surface area contributed by atoms with Crippen LogP contribution in [0.15, 0.2) is 45.6 Å². The summed E-state index contributed by atoms with van der Waals surface area (Å²) in [5, 5.41) is 0. The van der Waals surface area contributed by atoms with Gasteiger partial charge in [-0.2, -0.15) is 0 Å². The van der Waals surface area contributed by atoms with Crippen molar-refractivity contribution in [1.29, 1.82) is 0 Å². The fraction of sp³-hybridized carbons (Fsp3) is 0.692. The molecule has 2 aliphatic carbocycles. The molecule has 1 saturated carbocycles. The highest BCUT2D eigenvalue weighted by atomic mass is 14.5. The maximum absolute atomic E-state index is 2.48. The van der Waals surface area contributed by atoms with Crippen molar-refractivity contribution >= 4 is 0 Å². The van der Waals surface area contributed by atoms with Gasteiger partial charge in [0.15, 0.2) is 0 Å². The molecule has 2 aliphatic rings. The zero-order valence-electron chi connectivity index (χ0n) is 19.6. The van der Waals surface area contributed by atoms with Gasteiger partial charge in [-0.3, -0.25) is 0 Å². The molecule has 0 aromatic heterocycles. The van der Waals surface area contributed by atoms with Gasteiger partial charge in [-0.25, -0.2) is 0 Å². The smallest absolute Gasteiger partial charge is 0.0206 e. The molecular formula is C26H46. The number of rotatable bonds is 3. The van der Waals surface area contributed by atoms with Gasteiger partial charge in [-0.05, 0) is 78.4 Å². The topological polar surface area (TPSA) is 0 Å². The zero-order chi connectivity index (χ0) is 20.3. The Morgan fingerprint density at radius 2 is 1.46 bits per heavy atom. The molecule has 150 valence electrons. The molecule has 0 atom stereocenters. The molecule has 0 radical (unpaired) electrons. The van der Waals surface area contributed by atoms with E-state index in [1.807, 2.05) is 27.7 Å². The average Bonchev–Trinajstić information content (AvgIpc) is 2.65. The first-order valence-corrected chi connectivity index (χ1v) is 11.1. The molecule has 2 rings (SSSR count). The van der Waals surface area contributed by atoms with E-state index in [2.05, 4.69) is 53.7 Å². The molecule has 0 bridgehead atoms. The van der Waals surface area contributed by atoms with Crippen LogP contribution in [0.4, 0.5) is 0 Å². The van der Waals surface area contributed by atoms with Crippen molar-refractivity contribution in [2.45, 2.75) is 114 Å². The second-order valence-corrected chi connectivity index (χ2v) is 7.57. The van der Waals surface area contributed by atoms with Crippen LogP contribution in [0.1, 0.15) is 114 Å². The van der Waals surface area contributed by atoms with Gasteiger partial charge in [-0.15, -0.1) is 0 Å². The predicted octanol–water partition coefficient (Wildman–Crippen LogP) is 9.35. The van der Waals surface area contributed by atoms with Crippen LogP contribution in [0.5, 0.6) is 0 Å². The van der Waals surface area contributed by atoms with Gasteiger partial charge in [0.1, 0.15) is 0 Å². The number of hydrogen-bond acceptors (Lipinski definition) is 0. The lowest BCUT2D eigenvalue weighted by Gasteiger charge is -2.45. The summed E-state index contributed by atoms with van der Waals surface area (Å²) < 4.78 is 0. The molecule has 0 saturated heterocycles. The Morgan fingerprint density at radius 3 is 1.88 bits per heavy atom. The monoisotopic (exact) mass is 358 g/mol. The van der Waals surface area contributed by atoms with E-state index in [9.17, 15) is 0 Å². The second-order valence-electron chi connectivity index (χ2n) is 7.57. The highest BCUT2D eigenvalue weighted by Crippen LogP contribution is 2.55. The quantitative estimate of drug-likeness (QED) is 0.441. The summed E-state index contributed by atoms with van der Waals surface area (Å²) in [6.07, 6.45) is 14.1. The molecule has 0 heteroatoms. The molecule has 0 heterocycles. The maximum Gasteiger partial charge on any atom is 0.0206 e. The highest BCUT2D eigenvalue weighted by molar-refractivity contribution is 5.53. The van der Waals surface area contributed by atoms with Crippen LogP contribution in [0.3, 0.4) is 0 Å². The van der Waals surface area contributed by atoms with Crippen LogP contribution in [0.2, 0.25) is 0 Å². The minimum absolute atomic E-state index is 0.277. The van der Waals surface area contributed by atoms with E-state index in [4.69, 9.17) is 0 Å². The summed E-state index contributed by atoms with van der Waals surface area (Å²) in [5.74, 6) is 0. The lowest BCUT2D eigenvalue weighted by atomic mass is 9.58. The van der Waals surface area contributed by atoms with Gasteiger partial charge >= 0.3 is 0 Å². The summed E-state index contributed by atoms with van der Waals surface area (Å²) in [6, 6.07) is 0. The van der Waals surface area contributed by atoms with Crippen LogP contribution in [0.25, 0.3) is 0 Å². The Morgan fingerprint density at radius 1 is 0.923 bits per heavy atom. The largest absolute Gasteiger partial charge is 0.0844 e. The SMILES string of the molecule is C/C=C(/C)C(=C(C)C)C1(C2=C(C)CCC=C2C)CCCCC1.CC.CC. The molecule has 0 nitrogen and oxygen atoms in total. The minimum atomic E-state index is 0.277. The van der Waals surface area contributed by atoms with E-state index in [-0.39, 0.29) is 5.41 Å². The predicted molar refractivity (Wildman–Crippen MR) is 122 cm³/mol. The van der Waals surface area contributed by atoms with Gasteiger partial charge in [0, 0.05) is 5.41 Å². The van der Waals surface area contributed by atoms with Crippen molar-refractivity contribution in [3.63, 3.8) is 0 Å². The van der Waals surface area contributed by atoms with E-state index >= 15 is 0 Å². The van der Waals surface area contributed by atoms with Gasteiger partial charge in [0.2, 0.25) is 0 Å². The summed E-state index contributed by atoms with van der Waals surface area (Å²) >= 11 is 0. The summed E-state index contributed by atoms with van der Waals surface area (Å²) in [5.41, 5.74) is 9.79. The molecule has 0 aromatic rings. The summed E-state index contributed by atoms with van der Waals surface area (Å²) in [7, 11) is 0. The summed E-state index contributed by atoms with van der Waals surface area (Å²) in [6.45, 7) is 21.9. The molecule has 0 aromatic carbocycles. The van der Waals surface area contributed by atoms with E-state index in [1.165, 1.54) is 56.1 Å². The number of allylic oxidation sites excluding steroid dienone is 8. The Bertz CT molecular complexity index is 531. The van der Waals surface area contributed by atoms with E-state index < -0.39 is 0 Å². The molecule has 0 aliphatic heterocycles. The third-order valence-corrected chi connectivity index (χ3v) is 5.78. The molecular weight excluding hydrogens is 312 g/mol. The van der Waals surface area contributed by atoms with Crippen molar-refractivity contribution in [2.75, 3.05) is 0 Å². The third kappa shape index (κ3) is 5.48. The van der Waals surface area contributed by atoms with Crippen LogP contribution in [-0.2, 0) is 0 Å². The minimum Gasteiger partial charge on any atom is -0.0844 e. The fourth-order valence-corrected chi connectivity index (χ4v) is 5.03. The molecule has 0 N–H and O–H groups in total. The Labute approximate surface area is 165 Å². The Kier molecular flexibility index (Phi) is 11.9. The van der Waals surface area contributed by atoms with Crippen LogP contribution < -0.4 is 0 Å². The first-order valence-electron chi connectivity index (χ1n) is 11.1. The lowest BCUT2D eigenvalue weighted by Crippen LogP contribution is -2.32. The first kappa shape index (κ1) is 25.0. The van der Waals surface area contributed by atoms with Crippen molar-refractivity contribution in [2.24, 2.45) is 5.41 Å². The van der Waals surface area contributed by atoms with E-state index in [0.717, 1.165) is 0 Å². The van der Waals surface area contributed by atoms with Gasteiger partial charge in [0.25, 0.3) is 0 Å². The molecule has 1 fully saturated rings. The van der Waals surface area contributed by atoms with Gasteiger partial charge in [-0.1, -0.05) is 81.4 Å². The van der Waals surface area contributed by atoms with Crippen LogP contribution in [-0.4, -0.2) is 0 Å².